The zero-order valence-electron chi connectivity index (χ0n) is 17.1. The first-order valence-corrected chi connectivity index (χ1v) is 10.4. The van der Waals surface area contributed by atoms with Gasteiger partial charge in [0.15, 0.2) is 5.13 Å². The van der Waals surface area contributed by atoms with E-state index in [1.165, 1.54) is 16.9 Å². The predicted molar refractivity (Wildman–Crippen MR) is 123 cm³/mol. The predicted octanol–water partition coefficient (Wildman–Crippen LogP) is 3.72. The number of rotatable bonds is 6. The van der Waals surface area contributed by atoms with E-state index in [1.54, 1.807) is 12.4 Å². The number of hydrazone groups is 1. The molecule has 4 aromatic rings. The summed E-state index contributed by atoms with van der Waals surface area (Å²) in [7, 11) is 4.05. The van der Waals surface area contributed by atoms with Crippen LogP contribution in [0.3, 0.4) is 0 Å². The molecule has 9 heteroatoms. The Hall–Kier alpha value is -3.69. The molecule has 8 nitrogen and oxygen atoms in total. The number of thiazole rings is 1. The first-order chi connectivity index (χ1) is 15.1. The number of carbonyl (C=O) groups excluding carboxylic acids is 1. The number of pyridine rings is 2. The van der Waals surface area contributed by atoms with Crippen LogP contribution in [0, 0.1) is 0 Å². The number of fused-ring (bicyclic) bond motifs is 1. The first-order valence-electron chi connectivity index (χ1n) is 9.60. The van der Waals surface area contributed by atoms with Crippen LogP contribution in [0.4, 0.5) is 9.93 Å². The third kappa shape index (κ3) is 5.27. The van der Waals surface area contributed by atoms with Gasteiger partial charge >= 0.3 is 6.03 Å². The highest BCUT2D eigenvalue weighted by Crippen LogP contribution is 2.27. The Morgan fingerprint density at radius 2 is 1.74 bits per heavy atom. The van der Waals surface area contributed by atoms with Crippen molar-refractivity contribution in [2.24, 2.45) is 5.10 Å². The van der Waals surface area contributed by atoms with Crippen molar-refractivity contribution in [3.05, 3.63) is 83.9 Å². The topological polar surface area (TPSA) is 95.4 Å². The van der Waals surface area contributed by atoms with E-state index in [2.05, 4.69) is 41.8 Å². The fraction of sp³-hybridized carbons (Fsp3) is 0.136. The molecule has 0 radical (unpaired) electrons. The Kier molecular flexibility index (Phi) is 6.25. The van der Waals surface area contributed by atoms with Crippen molar-refractivity contribution in [2.45, 2.75) is 6.54 Å². The number of aromatic nitrogens is 3. The van der Waals surface area contributed by atoms with Crippen LogP contribution in [-0.2, 0) is 6.54 Å². The van der Waals surface area contributed by atoms with Crippen molar-refractivity contribution in [3.63, 3.8) is 0 Å². The number of nitrogens with one attached hydrogen (secondary N) is 2. The molecule has 4 rings (SSSR count). The van der Waals surface area contributed by atoms with Crippen molar-refractivity contribution in [3.8, 4) is 0 Å². The third-order valence-corrected chi connectivity index (χ3v) is 5.19. The maximum absolute atomic E-state index is 12.5. The molecule has 31 heavy (non-hydrogen) atoms. The molecular weight excluding hydrogens is 410 g/mol. The van der Waals surface area contributed by atoms with Crippen LogP contribution >= 0.6 is 11.3 Å². The highest BCUT2D eigenvalue weighted by atomic mass is 32.1. The molecular formula is C22H21N7OS. The van der Waals surface area contributed by atoms with Gasteiger partial charge in [-0.1, -0.05) is 29.5 Å². The van der Waals surface area contributed by atoms with E-state index < -0.39 is 6.03 Å². The van der Waals surface area contributed by atoms with Crippen LogP contribution in [0.2, 0.25) is 0 Å². The number of benzene rings is 1. The average Bonchev–Trinajstić information content (AvgIpc) is 3.16. The summed E-state index contributed by atoms with van der Waals surface area (Å²) in [6.07, 6.45) is 3.33. The summed E-state index contributed by atoms with van der Waals surface area (Å²) in [5.41, 5.74) is 6.24. The lowest BCUT2D eigenvalue weighted by Gasteiger charge is -2.08. The van der Waals surface area contributed by atoms with Crippen LogP contribution in [0.15, 0.2) is 72.1 Å². The minimum Gasteiger partial charge on any atom is -0.305 e. The highest BCUT2D eigenvalue weighted by Gasteiger charge is 2.12. The van der Waals surface area contributed by atoms with Gasteiger partial charge < -0.3 is 4.90 Å². The van der Waals surface area contributed by atoms with E-state index in [1.807, 2.05) is 62.6 Å². The Morgan fingerprint density at radius 1 is 1.03 bits per heavy atom. The Morgan fingerprint density at radius 3 is 2.35 bits per heavy atom. The summed E-state index contributed by atoms with van der Waals surface area (Å²) in [6.45, 7) is 0.843. The van der Waals surface area contributed by atoms with Crippen LogP contribution in [0.5, 0.6) is 0 Å². The molecule has 0 saturated carbocycles. The number of hydrogen-bond acceptors (Lipinski definition) is 7. The number of anilines is 1. The molecule has 0 bridgehead atoms. The van der Waals surface area contributed by atoms with E-state index in [0.717, 1.165) is 16.8 Å². The van der Waals surface area contributed by atoms with Crippen molar-refractivity contribution >= 4 is 38.4 Å². The van der Waals surface area contributed by atoms with E-state index >= 15 is 0 Å². The molecule has 2 N–H and O–H groups in total. The molecule has 0 unspecified atom stereocenters. The number of nitrogens with zero attached hydrogens (tertiary/aromatic N) is 5. The lowest BCUT2D eigenvalue weighted by Crippen LogP contribution is -2.26. The van der Waals surface area contributed by atoms with Gasteiger partial charge in [-0.25, -0.2) is 15.2 Å². The molecule has 0 saturated heterocycles. The fourth-order valence-electron chi connectivity index (χ4n) is 2.97. The molecule has 3 aromatic heterocycles. The molecule has 156 valence electrons. The number of carbonyl (C=O) groups is 1. The van der Waals surface area contributed by atoms with Gasteiger partial charge in [0.2, 0.25) is 0 Å². The van der Waals surface area contributed by atoms with Crippen LogP contribution < -0.4 is 10.7 Å². The lowest BCUT2D eigenvalue weighted by atomic mass is 10.1. The third-order valence-electron chi connectivity index (χ3n) is 4.26. The summed E-state index contributed by atoms with van der Waals surface area (Å²) >= 11 is 1.42. The van der Waals surface area contributed by atoms with Crippen molar-refractivity contribution in [1.29, 1.82) is 0 Å². The Labute approximate surface area is 183 Å². The second-order valence-electron chi connectivity index (χ2n) is 7.02. The largest absolute Gasteiger partial charge is 0.341 e. The van der Waals surface area contributed by atoms with Gasteiger partial charge in [-0.3, -0.25) is 15.3 Å². The summed E-state index contributed by atoms with van der Waals surface area (Å²) in [4.78, 5) is 27.7. The highest BCUT2D eigenvalue weighted by molar-refractivity contribution is 7.22. The second kappa shape index (κ2) is 9.41. The molecule has 3 heterocycles. The molecule has 2 amide bonds. The maximum atomic E-state index is 12.5. The van der Waals surface area contributed by atoms with Crippen LogP contribution in [0.1, 0.15) is 17.0 Å². The van der Waals surface area contributed by atoms with Crippen molar-refractivity contribution in [1.82, 2.24) is 25.3 Å². The lowest BCUT2D eigenvalue weighted by molar-refractivity contribution is 0.252. The van der Waals surface area contributed by atoms with Gasteiger partial charge in [0.05, 0.1) is 21.6 Å². The standard InChI is InChI=1S/C22H21N7OS/c1-29(2)14-15-9-10-16-19(13-15)31-22(25-16)26-21(30)28-27-20(17-7-3-5-11-23-17)18-8-4-6-12-24-18/h3-13H,14H2,1-2H3,(H2,25,26,28,30). The van der Waals surface area contributed by atoms with Crippen LogP contribution in [0.25, 0.3) is 10.2 Å². The van der Waals surface area contributed by atoms with Gasteiger partial charge in [-0.15, -0.1) is 0 Å². The summed E-state index contributed by atoms with van der Waals surface area (Å²) in [5.74, 6) is 0. The Balaban J connectivity index is 1.51. The first kappa shape index (κ1) is 20.6. The smallest absolute Gasteiger partial charge is 0.305 e. The number of amides is 2. The van der Waals surface area contributed by atoms with Crippen molar-refractivity contribution in [2.75, 3.05) is 19.4 Å². The minimum absolute atomic E-state index is 0.467. The molecule has 0 aliphatic rings. The van der Waals surface area contributed by atoms with Crippen LogP contribution in [-0.4, -0.2) is 45.7 Å². The Bertz CT molecular complexity index is 1170. The van der Waals surface area contributed by atoms with E-state index in [9.17, 15) is 4.79 Å². The molecule has 1 aromatic carbocycles. The number of hydrogen-bond donors (Lipinski definition) is 2. The van der Waals surface area contributed by atoms with Gasteiger partial charge in [0.25, 0.3) is 0 Å². The molecule has 0 spiro atoms. The molecule has 0 atom stereocenters. The van der Waals surface area contributed by atoms with Crippen molar-refractivity contribution < 1.29 is 4.79 Å². The summed E-state index contributed by atoms with van der Waals surface area (Å²) in [6, 6.07) is 16.6. The second-order valence-corrected chi connectivity index (χ2v) is 8.05. The quantitative estimate of drug-likeness (QED) is 0.358. The van der Waals surface area contributed by atoms with Gasteiger partial charge in [0.1, 0.15) is 5.71 Å². The van der Waals surface area contributed by atoms with Gasteiger partial charge in [0, 0.05) is 18.9 Å². The SMILES string of the molecule is CN(C)Cc1ccc2nc(NC(=O)NN=C(c3ccccn3)c3ccccn3)sc2c1. The molecule has 0 aliphatic carbocycles. The number of urea groups is 1. The summed E-state index contributed by atoms with van der Waals surface area (Å²) in [5, 5.41) is 7.51. The monoisotopic (exact) mass is 431 g/mol. The zero-order valence-corrected chi connectivity index (χ0v) is 17.9. The summed E-state index contributed by atoms with van der Waals surface area (Å²) < 4.78 is 1.01. The van der Waals surface area contributed by atoms with E-state index in [4.69, 9.17) is 0 Å². The zero-order chi connectivity index (χ0) is 21.6. The minimum atomic E-state index is -0.489. The average molecular weight is 432 g/mol. The van der Waals surface area contributed by atoms with E-state index in [-0.39, 0.29) is 0 Å². The van der Waals surface area contributed by atoms with Gasteiger partial charge in [-0.05, 0) is 56.1 Å². The van der Waals surface area contributed by atoms with Gasteiger partial charge in [-0.2, -0.15) is 5.10 Å². The molecule has 0 fully saturated rings. The molecule has 0 aliphatic heterocycles. The maximum Gasteiger partial charge on any atom is 0.341 e. The normalized spacial score (nSPS) is 10.8. The van der Waals surface area contributed by atoms with E-state index in [0.29, 0.717) is 22.2 Å². The fourth-order valence-corrected chi connectivity index (χ4v) is 3.89.